The second-order valence-electron chi connectivity index (χ2n) is 7.68. The molecule has 4 rings (SSSR count). The van der Waals surface area contributed by atoms with Crippen molar-refractivity contribution in [3.63, 3.8) is 0 Å². The van der Waals surface area contributed by atoms with Crippen molar-refractivity contribution >= 4 is 0 Å². The molecule has 2 aromatic rings. The number of hydrogen-bond acceptors (Lipinski definition) is 4. The molecule has 1 fully saturated rings. The summed E-state index contributed by atoms with van der Waals surface area (Å²) in [6.45, 7) is 2.16. The van der Waals surface area contributed by atoms with Crippen LogP contribution in [0.3, 0.4) is 0 Å². The highest BCUT2D eigenvalue weighted by molar-refractivity contribution is 5.44. The summed E-state index contributed by atoms with van der Waals surface area (Å²) in [4.78, 5) is 4.13. The highest BCUT2D eigenvalue weighted by atomic mass is 16.3. The van der Waals surface area contributed by atoms with E-state index < -0.39 is 11.7 Å². The van der Waals surface area contributed by atoms with Gasteiger partial charge in [0, 0.05) is 23.4 Å². The number of benzene rings is 1. The largest absolute Gasteiger partial charge is 0.508 e. The number of hydrogen-bond donors (Lipinski definition) is 3. The quantitative estimate of drug-likeness (QED) is 0.786. The molecule has 4 atom stereocenters. The molecule has 4 unspecified atom stereocenters. The lowest BCUT2D eigenvalue weighted by Crippen LogP contribution is -2.56. The Kier molecular flexibility index (Phi) is 3.85. The number of pyridine rings is 1. The van der Waals surface area contributed by atoms with Gasteiger partial charge in [-0.25, -0.2) is 0 Å². The molecule has 0 radical (unpaired) electrons. The van der Waals surface area contributed by atoms with E-state index in [0.717, 1.165) is 19.3 Å². The van der Waals surface area contributed by atoms with Crippen LogP contribution in [0.15, 0.2) is 42.7 Å². The van der Waals surface area contributed by atoms with E-state index >= 15 is 0 Å². The Labute approximate surface area is 148 Å². The zero-order valence-corrected chi connectivity index (χ0v) is 14.5. The third-order valence-electron chi connectivity index (χ3n) is 6.63. The molecule has 3 N–H and O–H groups in total. The van der Waals surface area contributed by atoms with Gasteiger partial charge in [0.2, 0.25) is 0 Å². The second kappa shape index (κ2) is 5.82. The van der Waals surface area contributed by atoms with E-state index in [9.17, 15) is 15.3 Å². The van der Waals surface area contributed by atoms with Gasteiger partial charge in [-0.15, -0.1) is 0 Å². The van der Waals surface area contributed by atoms with E-state index in [0.29, 0.717) is 30.1 Å². The summed E-state index contributed by atoms with van der Waals surface area (Å²) in [5.41, 5.74) is 1.72. The van der Waals surface area contributed by atoms with Gasteiger partial charge in [-0.05, 0) is 67.3 Å². The van der Waals surface area contributed by atoms with E-state index in [-0.39, 0.29) is 5.41 Å². The number of nitrogens with zero attached hydrogens (tertiary/aromatic N) is 1. The van der Waals surface area contributed by atoms with Crippen molar-refractivity contribution in [1.29, 1.82) is 0 Å². The van der Waals surface area contributed by atoms with Crippen LogP contribution in [0.1, 0.15) is 49.3 Å². The number of aromatic nitrogens is 1. The van der Waals surface area contributed by atoms with Crippen LogP contribution >= 0.6 is 0 Å². The number of phenols is 1. The zero-order chi connectivity index (χ0) is 17.7. The third kappa shape index (κ3) is 2.39. The number of fused-ring (bicyclic) bond motifs is 3. The number of aliphatic hydroxyl groups excluding tert-OH is 1. The van der Waals surface area contributed by atoms with Gasteiger partial charge >= 0.3 is 0 Å². The van der Waals surface area contributed by atoms with Gasteiger partial charge in [0.25, 0.3) is 0 Å². The average Bonchev–Trinajstić information content (AvgIpc) is 2.63. The van der Waals surface area contributed by atoms with Crippen molar-refractivity contribution < 1.29 is 15.3 Å². The van der Waals surface area contributed by atoms with Crippen LogP contribution in [0.2, 0.25) is 0 Å². The molecule has 0 aliphatic heterocycles. The number of phenolic OH excluding ortho intramolecular Hbond substituents is 1. The Hall–Kier alpha value is -1.91. The highest BCUT2D eigenvalue weighted by Gasteiger charge is 2.55. The molecule has 0 saturated heterocycles. The summed E-state index contributed by atoms with van der Waals surface area (Å²) in [5, 5.41) is 32.1. The second-order valence-corrected chi connectivity index (χ2v) is 7.68. The number of aryl methyl sites for hydroxylation is 1. The summed E-state index contributed by atoms with van der Waals surface area (Å²) in [7, 11) is 0. The normalized spacial score (nSPS) is 34.2. The summed E-state index contributed by atoms with van der Waals surface area (Å²) < 4.78 is 0. The van der Waals surface area contributed by atoms with Crippen LogP contribution in [0.25, 0.3) is 0 Å². The fraction of sp³-hybridized carbons (Fsp3) is 0.476. The first-order valence-corrected chi connectivity index (χ1v) is 9.13. The molecule has 2 aliphatic carbocycles. The van der Waals surface area contributed by atoms with E-state index in [1.54, 1.807) is 24.5 Å². The maximum absolute atomic E-state index is 11.3. The lowest BCUT2D eigenvalue weighted by atomic mass is 9.52. The molecular weight excluding hydrogens is 314 g/mol. The Bertz CT molecular complexity index is 778. The fourth-order valence-electron chi connectivity index (χ4n) is 5.25. The predicted octanol–water partition coefficient (Wildman–Crippen LogP) is 3.04. The number of aliphatic hydroxyl groups is 2. The zero-order valence-electron chi connectivity index (χ0n) is 14.5. The first-order chi connectivity index (χ1) is 12.0. The van der Waals surface area contributed by atoms with Crippen LogP contribution < -0.4 is 0 Å². The van der Waals surface area contributed by atoms with E-state index in [4.69, 9.17) is 0 Å². The molecule has 25 heavy (non-hydrogen) atoms. The fourth-order valence-corrected chi connectivity index (χ4v) is 5.25. The lowest BCUT2D eigenvalue weighted by Gasteiger charge is -2.55. The Morgan fingerprint density at radius 2 is 2.08 bits per heavy atom. The standard InChI is InChI=1S/C21H25NO3/c1-2-20-12-19(24)21(25,16-4-3-9-22-13-16)11-15(20)6-5-14-10-17(23)7-8-18(14)20/h3-4,7-10,13,15,19,23-25H,2,5-6,11-12H2,1H3. The molecule has 1 heterocycles. The predicted molar refractivity (Wildman–Crippen MR) is 95.3 cm³/mol. The SMILES string of the molecule is CCC12CC(O)C(O)(c3cccnc3)CC1CCc1cc(O)ccc12. The van der Waals surface area contributed by atoms with Gasteiger partial charge in [-0.3, -0.25) is 4.98 Å². The molecule has 0 bridgehead atoms. The van der Waals surface area contributed by atoms with Crippen LogP contribution in [-0.4, -0.2) is 26.4 Å². The van der Waals surface area contributed by atoms with Crippen LogP contribution in [0, 0.1) is 5.92 Å². The van der Waals surface area contributed by atoms with Crippen LogP contribution in [-0.2, 0) is 17.4 Å². The molecule has 0 amide bonds. The highest BCUT2D eigenvalue weighted by Crippen LogP contribution is 2.56. The van der Waals surface area contributed by atoms with Crippen molar-refractivity contribution in [3.8, 4) is 5.75 Å². The molecule has 4 nitrogen and oxygen atoms in total. The molecule has 1 aromatic heterocycles. The van der Waals surface area contributed by atoms with Crippen LogP contribution in [0.4, 0.5) is 0 Å². The van der Waals surface area contributed by atoms with Gasteiger partial charge in [0.05, 0.1) is 6.10 Å². The summed E-state index contributed by atoms with van der Waals surface area (Å²) in [6.07, 6.45) is 6.34. The first-order valence-electron chi connectivity index (χ1n) is 9.13. The minimum Gasteiger partial charge on any atom is -0.508 e. The van der Waals surface area contributed by atoms with Crippen molar-refractivity contribution in [3.05, 3.63) is 59.4 Å². The molecule has 4 heteroatoms. The first kappa shape index (κ1) is 16.6. The van der Waals surface area contributed by atoms with Gasteiger partial charge in [-0.2, -0.15) is 0 Å². The minimum atomic E-state index is -1.24. The third-order valence-corrected chi connectivity index (χ3v) is 6.63. The summed E-state index contributed by atoms with van der Waals surface area (Å²) in [6, 6.07) is 9.27. The average molecular weight is 339 g/mol. The number of rotatable bonds is 2. The van der Waals surface area contributed by atoms with E-state index in [2.05, 4.69) is 11.9 Å². The smallest absolute Gasteiger partial charge is 0.117 e. The molecular formula is C21H25NO3. The van der Waals surface area contributed by atoms with Gasteiger partial charge in [0.15, 0.2) is 0 Å². The Balaban J connectivity index is 1.77. The topological polar surface area (TPSA) is 73.6 Å². The van der Waals surface area contributed by atoms with Crippen molar-refractivity contribution in [2.24, 2.45) is 5.92 Å². The van der Waals surface area contributed by atoms with Gasteiger partial charge in [0.1, 0.15) is 11.4 Å². The van der Waals surface area contributed by atoms with E-state index in [1.165, 1.54) is 11.1 Å². The van der Waals surface area contributed by atoms with Crippen molar-refractivity contribution in [2.75, 3.05) is 0 Å². The lowest BCUT2D eigenvalue weighted by molar-refractivity contribution is -0.146. The molecule has 1 saturated carbocycles. The maximum Gasteiger partial charge on any atom is 0.117 e. The minimum absolute atomic E-state index is 0.144. The van der Waals surface area contributed by atoms with Gasteiger partial charge in [-0.1, -0.05) is 19.1 Å². The van der Waals surface area contributed by atoms with Crippen molar-refractivity contribution in [1.82, 2.24) is 4.98 Å². The summed E-state index contributed by atoms with van der Waals surface area (Å²) >= 11 is 0. The Morgan fingerprint density at radius 3 is 2.80 bits per heavy atom. The molecule has 0 spiro atoms. The van der Waals surface area contributed by atoms with Crippen LogP contribution in [0.5, 0.6) is 5.75 Å². The van der Waals surface area contributed by atoms with Gasteiger partial charge < -0.3 is 15.3 Å². The Morgan fingerprint density at radius 1 is 1.24 bits per heavy atom. The monoisotopic (exact) mass is 339 g/mol. The maximum atomic E-state index is 11.3. The number of aromatic hydroxyl groups is 1. The molecule has 2 aliphatic rings. The van der Waals surface area contributed by atoms with Crippen molar-refractivity contribution in [2.45, 2.75) is 56.1 Å². The molecule has 132 valence electrons. The van der Waals surface area contributed by atoms with E-state index in [1.807, 2.05) is 18.2 Å². The summed E-state index contributed by atoms with van der Waals surface area (Å²) in [5.74, 6) is 0.592. The molecule has 1 aromatic carbocycles.